The number of hydrogen-bond donors (Lipinski definition) is 2. The molecular formula is C2H4ClN3O. The van der Waals surface area contributed by atoms with E-state index in [9.17, 15) is 4.79 Å². The molecule has 0 saturated carbocycles. The van der Waals surface area contributed by atoms with Crippen molar-refractivity contribution in [1.29, 1.82) is 0 Å². The molecular weight excluding hydrogens is 117 g/mol. The lowest BCUT2D eigenvalue weighted by Crippen LogP contribution is -2.11. The Hall–Kier alpha value is -0.770. The first-order valence-electron chi connectivity index (χ1n) is 1.42. The number of amidine groups is 1. The second-order valence-electron chi connectivity index (χ2n) is 0.773. The van der Waals surface area contributed by atoms with E-state index in [2.05, 4.69) is 10.7 Å². The van der Waals surface area contributed by atoms with Gasteiger partial charge in [-0.05, 0) is 11.6 Å². The number of amides is 2. The smallest absolute Gasteiger partial charge is 0.341 e. The van der Waals surface area contributed by atoms with Crippen LogP contribution in [0.5, 0.6) is 0 Å². The van der Waals surface area contributed by atoms with Crippen LogP contribution in [-0.2, 0) is 0 Å². The third kappa shape index (κ3) is 5.23. The molecule has 0 aromatic heterocycles. The van der Waals surface area contributed by atoms with Gasteiger partial charge < -0.3 is 11.5 Å². The van der Waals surface area contributed by atoms with Gasteiger partial charge in [0.15, 0.2) is 5.29 Å². The molecule has 0 aromatic carbocycles. The van der Waals surface area contributed by atoms with Crippen LogP contribution in [0.3, 0.4) is 0 Å². The molecule has 2 amide bonds. The molecule has 0 aliphatic rings. The molecule has 0 saturated heterocycles. The van der Waals surface area contributed by atoms with Gasteiger partial charge in [-0.15, -0.1) is 0 Å². The summed E-state index contributed by atoms with van der Waals surface area (Å²) in [6.07, 6.45) is 0. The van der Waals surface area contributed by atoms with E-state index in [4.69, 9.17) is 17.3 Å². The van der Waals surface area contributed by atoms with Crippen LogP contribution in [-0.4, -0.2) is 11.3 Å². The third-order valence-corrected chi connectivity index (χ3v) is 0.302. The van der Waals surface area contributed by atoms with Gasteiger partial charge in [-0.25, -0.2) is 4.79 Å². The topological polar surface area (TPSA) is 81.5 Å². The summed E-state index contributed by atoms with van der Waals surface area (Å²) in [5.41, 5.74) is 9.21. The average molecular weight is 122 g/mol. The van der Waals surface area contributed by atoms with Crippen LogP contribution >= 0.6 is 11.6 Å². The Labute approximate surface area is 45.1 Å². The Morgan fingerprint density at radius 1 is 1.57 bits per heavy atom. The van der Waals surface area contributed by atoms with E-state index >= 15 is 0 Å². The van der Waals surface area contributed by atoms with Gasteiger partial charge in [0.2, 0.25) is 0 Å². The number of nitrogens with zero attached hydrogens (tertiary/aromatic N) is 1. The van der Waals surface area contributed by atoms with Gasteiger partial charge in [-0.1, -0.05) is 0 Å². The van der Waals surface area contributed by atoms with Gasteiger partial charge in [-0.3, -0.25) is 0 Å². The van der Waals surface area contributed by atoms with Crippen LogP contribution in [0.4, 0.5) is 4.79 Å². The zero-order chi connectivity index (χ0) is 5.86. The first-order chi connectivity index (χ1) is 3.13. The molecule has 0 unspecified atom stereocenters. The lowest BCUT2D eigenvalue weighted by Gasteiger charge is -1.78. The number of halogens is 1. The highest BCUT2D eigenvalue weighted by Crippen LogP contribution is 1.73. The minimum absolute atomic E-state index is 0.340. The molecule has 0 atom stereocenters. The minimum Gasteiger partial charge on any atom is -0.374 e. The van der Waals surface area contributed by atoms with Crippen LogP contribution in [0.1, 0.15) is 0 Å². The van der Waals surface area contributed by atoms with Crippen molar-refractivity contribution in [2.24, 2.45) is 16.5 Å². The van der Waals surface area contributed by atoms with Crippen molar-refractivity contribution < 1.29 is 4.79 Å². The van der Waals surface area contributed by atoms with E-state index in [-0.39, 0.29) is 5.29 Å². The maximum absolute atomic E-state index is 9.68. The maximum atomic E-state index is 9.68. The van der Waals surface area contributed by atoms with Crippen LogP contribution in [0.2, 0.25) is 0 Å². The Balaban J connectivity index is 3.68. The summed E-state index contributed by atoms with van der Waals surface area (Å²) in [6, 6.07) is -0.882. The molecule has 0 radical (unpaired) electrons. The second kappa shape index (κ2) is 2.41. The fourth-order valence-electron chi connectivity index (χ4n) is 0.105. The highest BCUT2D eigenvalue weighted by atomic mass is 35.5. The molecule has 0 heterocycles. The van der Waals surface area contributed by atoms with Crippen molar-refractivity contribution in [3.8, 4) is 0 Å². The summed E-state index contributed by atoms with van der Waals surface area (Å²) in [7, 11) is 0. The summed E-state index contributed by atoms with van der Waals surface area (Å²) in [6.45, 7) is 0. The van der Waals surface area contributed by atoms with E-state index in [0.29, 0.717) is 0 Å². The predicted molar refractivity (Wildman–Crippen MR) is 27.1 cm³/mol. The first kappa shape index (κ1) is 6.23. The molecule has 0 aromatic rings. The summed E-state index contributed by atoms with van der Waals surface area (Å²) in [5, 5.41) is -0.340. The Bertz CT molecular complexity index is 106. The van der Waals surface area contributed by atoms with Crippen molar-refractivity contribution in [3.05, 3.63) is 0 Å². The summed E-state index contributed by atoms with van der Waals surface area (Å²) in [4.78, 5) is 12.6. The van der Waals surface area contributed by atoms with E-state index in [1.165, 1.54) is 0 Å². The van der Waals surface area contributed by atoms with Crippen LogP contribution in [0.15, 0.2) is 4.99 Å². The quantitative estimate of drug-likeness (QED) is 0.260. The molecule has 40 valence electrons. The molecule has 4 nitrogen and oxygen atoms in total. The Morgan fingerprint density at radius 2 is 2.00 bits per heavy atom. The lowest BCUT2D eigenvalue weighted by atomic mass is 11.1. The van der Waals surface area contributed by atoms with Crippen LogP contribution in [0.25, 0.3) is 0 Å². The fourth-order valence-corrected chi connectivity index (χ4v) is 0.189. The van der Waals surface area contributed by atoms with E-state index < -0.39 is 6.03 Å². The third-order valence-electron chi connectivity index (χ3n) is 0.217. The van der Waals surface area contributed by atoms with E-state index in [1.54, 1.807) is 0 Å². The second-order valence-corrected chi connectivity index (χ2v) is 1.16. The van der Waals surface area contributed by atoms with E-state index in [1.807, 2.05) is 0 Å². The van der Waals surface area contributed by atoms with Gasteiger partial charge in [0.1, 0.15) is 0 Å². The SMILES string of the molecule is NC(=O)/N=C(\N)Cl. The van der Waals surface area contributed by atoms with Gasteiger partial charge in [-0.2, -0.15) is 4.99 Å². The number of urea groups is 1. The number of hydrogen-bond acceptors (Lipinski definition) is 1. The molecule has 4 N–H and O–H groups in total. The summed E-state index contributed by atoms with van der Waals surface area (Å²) < 4.78 is 0. The van der Waals surface area contributed by atoms with Crippen molar-refractivity contribution >= 4 is 22.9 Å². The number of nitrogens with two attached hydrogens (primary N) is 2. The number of carbonyl (C=O) groups excluding carboxylic acids is 1. The van der Waals surface area contributed by atoms with Gasteiger partial charge in [0, 0.05) is 0 Å². The van der Waals surface area contributed by atoms with Gasteiger partial charge in [0.05, 0.1) is 0 Å². The number of carbonyl (C=O) groups is 1. The van der Waals surface area contributed by atoms with Crippen molar-refractivity contribution in [1.82, 2.24) is 0 Å². The molecule has 0 rings (SSSR count). The zero-order valence-corrected chi connectivity index (χ0v) is 4.14. The standard InChI is InChI=1S/C2H4ClN3O/c3-1(4)6-2(5)7/h(H4,4,5,6,7). The number of aliphatic imine (C=N–C) groups is 1. The van der Waals surface area contributed by atoms with E-state index in [0.717, 1.165) is 0 Å². The largest absolute Gasteiger partial charge is 0.374 e. The first-order valence-corrected chi connectivity index (χ1v) is 1.80. The number of primary amides is 1. The molecule has 0 aliphatic carbocycles. The zero-order valence-electron chi connectivity index (χ0n) is 3.39. The van der Waals surface area contributed by atoms with Crippen LogP contribution < -0.4 is 11.5 Å². The summed E-state index contributed by atoms with van der Waals surface area (Å²) in [5.74, 6) is 0. The predicted octanol–water partition coefficient (Wildman–Crippen LogP) is -0.381. The van der Waals surface area contributed by atoms with Crippen molar-refractivity contribution in [2.75, 3.05) is 0 Å². The highest BCUT2D eigenvalue weighted by molar-refractivity contribution is 6.64. The molecule has 5 heteroatoms. The number of rotatable bonds is 0. The molecule has 7 heavy (non-hydrogen) atoms. The molecule has 0 bridgehead atoms. The average Bonchev–Trinajstić information content (AvgIpc) is 1.27. The Morgan fingerprint density at radius 3 is 2.00 bits per heavy atom. The van der Waals surface area contributed by atoms with Gasteiger partial charge >= 0.3 is 6.03 Å². The maximum Gasteiger partial charge on any atom is 0.341 e. The van der Waals surface area contributed by atoms with Crippen LogP contribution in [0, 0.1) is 0 Å². The normalized spacial score (nSPS) is 11.3. The fraction of sp³-hybridized carbons (Fsp3) is 0. The Kier molecular flexibility index (Phi) is 2.15. The minimum atomic E-state index is -0.882. The monoisotopic (exact) mass is 121 g/mol. The lowest BCUT2D eigenvalue weighted by molar-refractivity contribution is 0.257. The van der Waals surface area contributed by atoms with Crippen molar-refractivity contribution in [2.45, 2.75) is 0 Å². The molecule has 0 fully saturated rings. The molecule has 0 aliphatic heterocycles. The summed E-state index contributed by atoms with van der Waals surface area (Å²) >= 11 is 4.90. The highest BCUT2D eigenvalue weighted by Gasteiger charge is 1.84. The van der Waals surface area contributed by atoms with Gasteiger partial charge in [0.25, 0.3) is 0 Å². The molecule has 0 spiro atoms. The van der Waals surface area contributed by atoms with Crippen molar-refractivity contribution in [3.63, 3.8) is 0 Å².